The molecule has 0 saturated heterocycles. The number of hydrogen-bond donors (Lipinski definition) is 1. The molecule has 32 heavy (non-hydrogen) atoms. The molecular formula is C25H30N4O2S. The number of aromatic nitrogens is 3. The van der Waals surface area contributed by atoms with E-state index >= 15 is 0 Å². The summed E-state index contributed by atoms with van der Waals surface area (Å²) in [6.45, 7) is 3.89. The number of anilines is 1. The van der Waals surface area contributed by atoms with Gasteiger partial charge in [-0.15, -0.1) is 10.2 Å². The third-order valence-electron chi connectivity index (χ3n) is 6.01. The SMILES string of the molecule is COc1ccccc1-n1c(SC(C)C(=O)Nc2ccccc2C)nnc1C1CCCCC1. The van der Waals surface area contributed by atoms with Gasteiger partial charge in [0, 0.05) is 11.6 Å². The minimum Gasteiger partial charge on any atom is -0.495 e. The van der Waals surface area contributed by atoms with Crippen molar-refractivity contribution in [3.63, 3.8) is 0 Å². The van der Waals surface area contributed by atoms with Gasteiger partial charge in [0.05, 0.1) is 18.0 Å². The zero-order valence-corrected chi connectivity index (χ0v) is 19.7. The van der Waals surface area contributed by atoms with Gasteiger partial charge in [0.15, 0.2) is 5.16 Å². The lowest BCUT2D eigenvalue weighted by atomic mass is 9.88. The highest BCUT2D eigenvalue weighted by Crippen LogP contribution is 2.37. The Bertz CT molecular complexity index is 1080. The lowest BCUT2D eigenvalue weighted by Crippen LogP contribution is -2.23. The Labute approximate surface area is 193 Å². The molecule has 1 atom stereocenters. The number of carbonyl (C=O) groups excluding carboxylic acids is 1. The van der Waals surface area contributed by atoms with E-state index in [1.165, 1.54) is 31.0 Å². The molecule has 1 fully saturated rings. The van der Waals surface area contributed by atoms with Crippen LogP contribution in [0.5, 0.6) is 5.75 Å². The molecule has 168 valence electrons. The standard InChI is InChI=1S/C25H30N4O2S/c1-17-11-7-8-14-20(17)26-24(30)18(2)32-25-28-27-23(19-12-5-4-6-13-19)29(25)21-15-9-10-16-22(21)31-3/h7-11,14-16,18-19H,4-6,12-13H2,1-3H3,(H,26,30). The number of ether oxygens (including phenoxy) is 1. The van der Waals surface area contributed by atoms with E-state index in [0.717, 1.165) is 41.4 Å². The van der Waals surface area contributed by atoms with E-state index in [1.807, 2.05) is 62.4 Å². The molecule has 6 nitrogen and oxygen atoms in total. The molecule has 0 bridgehead atoms. The van der Waals surface area contributed by atoms with Crippen LogP contribution in [0, 0.1) is 6.92 Å². The lowest BCUT2D eigenvalue weighted by Gasteiger charge is -2.23. The van der Waals surface area contributed by atoms with Gasteiger partial charge in [-0.05, 0) is 50.5 Å². The summed E-state index contributed by atoms with van der Waals surface area (Å²) in [5.74, 6) is 2.04. The number of carbonyl (C=O) groups is 1. The summed E-state index contributed by atoms with van der Waals surface area (Å²) in [7, 11) is 1.68. The van der Waals surface area contributed by atoms with Crippen LogP contribution in [0.3, 0.4) is 0 Å². The highest BCUT2D eigenvalue weighted by molar-refractivity contribution is 8.00. The molecule has 1 unspecified atom stereocenters. The summed E-state index contributed by atoms with van der Waals surface area (Å²) < 4.78 is 7.74. The van der Waals surface area contributed by atoms with Crippen molar-refractivity contribution in [1.29, 1.82) is 0 Å². The molecule has 0 spiro atoms. The molecule has 0 aliphatic heterocycles. The number of benzene rings is 2. The summed E-state index contributed by atoms with van der Waals surface area (Å²) in [6.07, 6.45) is 5.92. The fourth-order valence-corrected chi connectivity index (χ4v) is 5.05. The van der Waals surface area contributed by atoms with Crippen LogP contribution in [0.4, 0.5) is 5.69 Å². The maximum absolute atomic E-state index is 12.9. The molecule has 1 aromatic heterocycles. The Morgan fingerprint density at radius 2 is 1.81 bits per heavy atom. The smallest absolute Gasteiger partial charge is 0.237 e. The Kier molecular flexibility index (Phi) is 7.15. The van der Waals surface area contributed by atoms with Crippen molar-refractivity contribution >= 4 is 23.4 Å². The number of nitrogens with zero attached hydrogens (tertiary/aromatic N) is 3. The second-order valence-electron chi connectivity index (χ2n) is 8.25. The number of methoxy groups -OCH3 is 1. The van der Waals surface area contributed by atoms with Gasteiger partial charge in [0.1, 0.15) is 11.6 Å². The zero-order valence-electron chi connectivity index (χ0n) is 18.9. The summed E-state index contributed by atoms with van der Waals surface area (Å²) >= 11 is 1.42. The van der Waals surface area contributed by atoms with Crippen LogP contribution in [0.25, 0.3) is 5.69 Å². The van der Waals surface area contributed by atoms with Crippen molar-refractivity contribution in [2.45, 2.75) is 62.3 Å². The molecule has 1 amide bonds. The first-order chi connectivity index (χ1) is 15.6. The summed E-state index contributed by atoms with van der Waals surface area (Å²) in [5.41, 5.74) is 2.78. The van der Waals surface area contributed by atoms with Gasteiger partial charge in [-0.25, -0.2) is 0 Å². The normalized spacial score (nSPS) is 15.3. The Morgan fingerprint density at radius 1 is 1.09 bits per heavy atom. The molecule has 2 aromatic carbocycles. The molecule has 1 aliphatic rings. The number of amides is 1. The Balaban J connectivity index is 1.64. The number of thioether (sulfide) groups is 1. The van der Waals surface area contributed by atoms with Crippen molar-refractivity contribution in [2.24, 2.45) is 0 Å². The average Bonchev–Trinajstić information content (AvgIpc) is 3.24. The first-order valence-electron chi connectivity index (χ1n) is 11.2. The van der Waals surface area contributed by atoms with Gasteiger partial charge in [-0.1, -0.05) is 61.4 Å². The minimum atomic E-state index is -0.341. The zero-order chi connectivity index (χ0) is 22.5. The van der Waals surface area contributed by atoms with E-state index in [2.05, 4.69) is 20.1 Å². The van der Waals surface area contributed by atoms with E-state index in [9.17, 15) is 4.79 Å². The van der Waals surface area contributed by atoms with Crippen LogP contribution in [-0.2, 0) is 4.79 Å². The summed E-state index contributed by atoms with van der Waals surface area (Å²) in [4.78, 5) is 12.9. The second-order valence-corrected chi connectivity index (χ2v) is 9.56. The molecule has 4 rings (SSSR count). The number of rotatable bonds is 7. The van der Waals surface area contributed by atoms with Crippen LogP contribution in [0.15, 0.2) is 53.7 Å². The van der Waals surface area contributed by atoms with E-state index in [0.29, 0.717) is 11.1 Å². The van der Waals surface area contributed by atoms with E-state index in [4.69, 9.17) is 4.74 Å². The quantitative estimate of drug-likeness (QED) is 0.464. The van der Waals surface area contributed by atoms with Crippen LogP contribution >= 0.6 is 11.8 Å². The third-order valence-corrected chi connectivity index (χ3v) is 7.05. The molecule has 1 aliphatic carbocycles. The molecule has 1 N–H and O–H groups in total. The monoisotopic (exact) mass is 450 g/mol. The predicted octanol–water partition coefficient (Wildman–Crippen LogP) is 5.75. The second kappa shape index (κ2) is 10.2. The molecule has 1 saturated carbocycles. The molecule has 7 heteroatoms. The van der Waals surface area contributed by atoms with Crippen LogP contribution in [0.2, 0.25) is 0 Å². The maximum atomic E-state index is 12.9. The van der Waals surface area contributed by atoms with E-state index in [1.54, 1.807) is 7.11 Å². The van der Waals surface area contributed by atoms with Gasteiger partial charge in [-0.2, -0.15) is 0 Å². The molecule has 1 heterocycles. The van der Waals surface area contributed by atoms with Crippen molar-refractivity contribution in [3.05, 3.63) is 59.9 Å². The minimum absolute atomic E-state index is 0.0573. The third kappa shape index (κ3) is 4.83. The first-order valence-corrected chi connectivity index (χ1v) is 12.1. The van der Waals surface area contributed by atoms with Crippen molar-refractivity contribution < 1.29 is 9.53 Å². The molecular weight excluding hydrogens is 420 g/mol. The maximum Gasteiger partial charge on any atom is 0.237 e. The average molecular weight is 451 g/mol. The fraction of sp³-hybridized carbons (Fsp3) is 0.400. The van der Waals surface area contributed by atoms with E-state index < -0.39 is 0 Å². The highest BCUT2D eigenvalue weighted by Gasteiger charge is 2.27. The lowest BCUT2D eigenvalue weighted by molar-refractivity contribution is -0.115. The Morgan fingerprint density at radius 3 is 2.56 bits per heavy atom. The van der Waals surface area contributed by atoms with E-state index in [-0.39, 0.29) is 11.2 Å². The van der Waals surface area contributed by atoms with Crippen LogP contribution in [-0.4, -0.2) is 33.0 Å². The van der Waals surface area contributed by atoms with Crippen LogP contribution < -0.4 is 10.1 Å². The number of hydrogen-bond acceptors (Lipinski definition) is 5. The fourth-order valence-electron chi connectivity index (χ4n) is 4.18. The number of nitrogens with one attached hydrogen (secondary N) is 1. The van der Waals surface area contributed by atoms with Gasteiger partial charge < -0.3 is 10.1 Å². The predicted molar refractivity (Wildman–Crippen MR) is 129 cm³/mol. The van der Waals surface area contributed by atoms with Gasteiger partial charge in [0.2, 0.25) is 5.91 Å². The molecule has 3 aromatic rings. The number of aryl methyl sites for hydroxylation is 1. The van der Waals surface area contributed by atoms with Gasteiger partial charge in [0.25, 0.3) is 0 Å². The van der Waals surface area contributed by atoms with Gasteiger partial charge >= 0.3 is 0 Å². The molecule has 0 radical (unpaired) electrons. The topological polar surface area (TPSA) is 69.0 Å². The first kappa shape index (κ1) is 22.4. The summed E-state index contributed by atoms with van der Waals surface area (Å²) in [5, 5.41) is 12.5. The summed E-state index contributed by atoms with van der Waals surface area (Å²) in [6, 6.07) is 15.7. The highest BCUT2D eigenvalue weighted by atomic mass is 32.2. The largest absolute Gasteiger partial charge is 0.495 e. The van der Waals surface area contributed by atoms with Gasteiger partial charge in [-0.3, -0.25) is 9.36 Å². The van der Waals surface area contributed by atoms with Crippen molar-refractivity contribution in [3.8, 4) is 11.4 Å². The Hall–Kier alpha value is -2.80. The van der Waals surface area contributed by atoms with Crippen molar-refractivity contribution in [1.82, 2.24) is 14.8 Å². The number of para-hydroxylation sites is 3. The van der Waals surface area contributed by atoms with Crippen molar-refractivity contribution in [2.75, 3.05) is 12.4 Å². The van der Waals surface area contributed by atoms with Crippen LogP contribution in [0.1, 0.15) is 56.3 Å².